The lowest BCUT2D eigenvalue weighted by Gasteiger charge is -2.24. The maximum absolute atomic E-state index is 12.0. The molecule has 0 N–H and O–H groups in total. The van der Waals surface area contributed by atoms with Crippen molar-refractivity contribution in [1.82, 2.24) is 0 Å². The first-order valence-corrected chi connectivity index (χ1v) is 6.03. The Balaban J connectivity index is 2.14. The van der Waals surface area contributed by atoms with Crippen molar-refractivity contribution >= 4 is 17.9 Å². The summed E-state index contributed by atoms with van der Waals surface area (Å²) in [5.74, 6) is -3.96. The van der Waals surface area contributed by atoms with Crippen molar-refractivity contribution in [2.45, 2.75) is 12.7 Å². The number of esters is 3. The molecule has 0 bridgehead atoms. The molecule has 0 fully saturated rings. The van der Waals surface area contributed by atoms with Gasteiger partial charge in [-0.1, -0.05) is 12.1 Å². The van der Waals surface area contributed by atoms with Crippen LogP contribution in [0.3, 0.4) is 0 Å². The van der Waals surface area contributed by atoms with E-state index in [0.29, 0.717) is 5.56 Å². The highest BCUT2D eigenvalue weighted by molar-refractivity contribution is 6.05. The van der Waals surface area contributed by atoms with Crippen LogP contribution in [0.15, 0.2) is 35.9 Å². The molecule has 0 radical (unpaired) electrons. The third-order valence-corrected chi connectivity index (χ3v) is 3.09. The lowest BCUT2D eigenvalue weighted by molar-refractivity contribution is -0.184. The van der Waals surface area contributed by atoms with E-state index in [4.69, 9.17) is 14.2 Å². The molecule has 2 aliphatic heterocycles. The lowest BCUT2D eigenvalue weighted by Crippen LogP contribution is -2.33. The Morgan fingerprint density at radius 2 is 2.00 bits per heavy atom. The minimum atomic E-state index is -1.81. The fraction of sp³-hybridized carbons (Fsp3) is 0.214. The topological polar surface area (TPSA) is 78.9 Å². The van der Waals surface area contributed by atoms with E-state index >= 15 is 0 Å². The largest absolute Gasteiger partial charge is 0.462 e. The quantitative estimate of drug-likeness (QED) is 0.750. The smallest absolute Gasteiger partial charge is 0.342 e. The van der Waals surface area contributed by atoms with Gasteiger partial charge in [0.2, 0.25) is 0 Å². The fourth-order valence-corrected chi connectivity index (χ4v) is 2.31. The van der Waals surface area contributed by atoms with Gasteiger partial charge in [0, 0.05) is 6.08 Å². The SMILES string of the molecule is CCOC(=O)C1=CC(=O)OC12OC(=O)c1ccccc12. The molecule has 3 rings (SSSR count). The Bertz CT molecular complexity index is 659. The second-order valence-electron chi connectivity index (χ2n) is 4.25. The summed E-state index contributed by atoms with van der Waals surface area (Å²) >= 11 is 0. The van der Waals surface area contributed by atoms with Crippen LogP contribution in [0.25, 0.3) is 0 Å². The van der Waals surface area contributed by atoms with E-state index in [1.54, 1.807) is 31.2 Å². The second kappa shape index (κ2) is 4.19. The minimum absolute atomic E-state index is 0.123. The molecule has 1 atom stereocenters. The Kier molecular flexibility index (Phi) is 2.60. The summed E-state index contributed by atoms with van der Waals surface area (Å²) in [6.45, 7) is 1.77. The molecule has 1 spiro atoms. The molecule has 6 heteroatoms. The van der Waals surface area contributed by atoms with Crippen molar-refractivity contribution in [2.75, 3.05) is 6.61 Å². The van der Waals surface area contributed by atoms with Gasteiger partial charge in [0.15, 0.2) is 0 Å². The molecule has 20 heavy (non-hydrogen) atoms. The zero-order valence-electron chi connectivity index (χ0n) is 10.5. The molecule has 0 aliphatic carbocycles. The van der Waals surface area contributed by atoms with E-state index in [1.807, 2.05) is 0 Å². The van der Waals surface area contributed by atoms with Crippen LogP contribution in [0.5, 0.6) is 0 Å². The van der Waals surface area contributed by atoms with E-state index in [0.717, 1.165) is 6.08 Å². The van der Waals surface area contributed by atoms with Crippen LogP contribution in [0.1, 0.15) is 22.8 Å². The van der Waals surface area contributed by atoms with E-state index in [-0.39, 0.29) is 17.7 Å². The van der Waals surface area contributed by atoms with Gasteiger partial charge < -0.3 is 14.2 Å². The summed E-state index contributed by atoms with van der Waals surface area (Å²) in [6, 6.07) is 6.44. The predicted molar refractivity (Wildman–Crippen MR) is 64.3 cm³/mol. The number of rotatable bonds is 2. The molecule has 0 saturated carbocycles. The predicted octanol–water partition coefficient (Wildman–Crippen LogP) is 1.06. The fourth-order valence-electron chi connectivity index (χ4n) is 2.31. The number of carbonyl (C=O) groups is 3. The first kappa shape index (κ1) is 12.4. The maximum atomic E-state index is 12.0. The van der Waals surface area contributed by atoms with Crippen molar-refractivity contribution in [3.05, 3.63) is 47.0 Å². The number of hydrogen-bond donors (Lipinski definition) is 0. The number of fused-ring (bicyclic) bond motifs is 2. The molecule has 2 heterocycles. The molecule has 0 saturated heterocycles. The van der Waals surface area contributed by atoms with Gasteiger partial charge in [0.25, 0.3) is 0 Å². The standard InChI is InChI=1S/C14H10O6/c1-2-18-13(17)10-7-11(15)19-14(10)9-6-4-3-5-8(9)12(16)20-14/h3-7H,2H2,1H3. The average Bonchev–Trinajstić information content (AvgIpc) is 2.90. The van der Waals surface area contributed by atoms with Crippen molar-refractivity contribution in [1.29, 1.82) is 0 Å². The van der Waals surface area contributed by atoms with Crippen LogP contribution in [0.4, 0.5) is 0 Å². The van der Waals surface area contributed by atoms with Crippen molar-refractivity contribution < 1.29 is 28.6 Å². The molecular weight excluding hydrogens is 264 g/mol. The summed E-state index contributed by atoms with van der Waals surface area (Å²) in [4.78, 5) is 35.4. The van der Waals surface area contributed by atoms with Gasteiger partial charge in [-0.05, 0) is 19.1 Å². The number of carbonyl (C=O) groups excluding carboxylic acids is 3. The van der Waals surface area contributed by atoms with Crippen LogP contribution in [0.2, 0.25) is 0 Å². The van der Waals surface area contributed by atoms with Crippen molar-refractivity contribution in [2.24, 2.45) is 0 Å². The van der Waals surface area contributed by atoms with E-state index in [9.17, 15) is 14.4 Å². The summed E-state index contributed by atoms with van der Waals surface area (Å²) in [7, 11) is 0. The molecule has 0 aromatic heterocycles. The first-order chi connectivity index (χ1) is 9.58. The highest BCUT2D eigenvalue weighted by atomic mass is 16.7. The number of benzene rings is 1. The maximum Gasteiger partial charge on any atom is 0.342 e. The van der Waals surface area contributed by atoms with Gasteiger partial charge in [0.1, 0.15) is 5.57 Å². The molecule has 6 nitrogen and oxygen atoms in total. The Hall–Kier alpha value is -2.63. The first-order valence-electron chi connectivity index (χ1n) is 6.03. The number of hydrogen-bond acceptors (Lipinski definition) is 6. The van der Waals surface area contributed by atoms with Crippen LogP contribution in [0, 0.1) is 0 Å². The molecule has 1 aromatic rings. The monoisotopic (exact) mass is 274 g/mol. The summed E-state index contributed by atoms with van der Waals surface area (Å²) in [5.41, 5.74) is 0.468. The van der Waals surface area contributed by atoms with Crippen LogP contribution in [-0.2, 0) is 29.6 Å². The molecule has 2 aliphatic rings. The zero-order valence-corrected chi connectivity index (χ0v) is 10.5. The summed E-state index contributed by atoms with van der Waals surface area (Å²) in [5, 5.41) is 0. The third-order valence-electron chi connectivity index (χ3n) is 3.09. The lowest BCUT2D eigenvalue weighted by atomic mass is 9.96. The average molecular weight is 274 g/mol. The van der Waals surface area contributed by atoms with Crippen LogP contribution >= 0.6 is 0 Å². The van der Waals surface area contributed by atoms with Gasteiger partial charge in [-0.25, -0.2) is 14.4 Å². The second-order valence-corrected chi connectivity index (χ2v) is 4.25. The minimum Gasteiger partial charge on any atom is -0.462 e. The van der Waals surface area contributed by atoms with Crippen molar-refractivity contribution in [3.63, 3.8) is 0 Å². The van der Waals surface area contributed by atoms with Crippen molar-refractivity contribution in [3.8, 4) is 0 Å². The van der Waals surface area contributed by atoms with Crippen LogP contribution in [-0.4, -0.2) is 24.5 Å². The summed E-state index contributed by atoms with van der Waals surface area (Å²) < 4.78 is 15.2. The molecule has 1 aromatic carbocycles. The molecule has 0 amide bonds. The highest BCUT2D eigenvalue weighted by Crippen LogP contribution is 2.46. The third kappa shape index (κ3) is 1.54. The van der Waals surface area contributed by atoms with Gasteiger partial charge >= 0.3 is 23.7 Å². The van der Waals surface area contributed by atoms with Gasteiger partial charge in [0.05, 0.1) is 17.7 Å². The van der Waals surface area contributed by atoms with Gasteiger partial charge in [-0.3, -0.25) is 0 Å². The van der Waals surface area contributed by atoms with E-state index < -0.39 is 23.7 Å². The molecular formula is C14H10O6. The van der Waals surface area contributed by atoms with Crippen LogP contribution < -0.4 is 0 Å². The van der Waals surface area contributed by atoms with E-state index in [1.165, 1.54) is 0 Å². The normalized spacial score (nSPS) is 23.1. The molecule has 1 unspecified atom stereocenters. The summed E-state index contributed by atoms with van der Waals surface area (Å²) in [6.07, 6.45) is 0.993. The van der Waals surface area contributed by atoms with E-state index in [2.05, 4.69) is 0 Å². The Labute approximate surface area is 113 Å². The Morgan fingerprint density at radius 1 is 1.25 bits per heavy atom. The number of ether oxygens (including phenoxy) is 3. The van der Waals surface area contributed by atoms with Gasteiger partial charge in [-0.2, -0.15) is 0 Å². The highest BCUT2D eigenvalue weighted by Gasteiger charge is 2.58. The Morgan fingerprint density at radius 3 is 2.75 bits per heavy atom. The zero-order chi connectivity index (χ0) is 14.3. The molecule has 102 valence electrons. The van der Waals surface area contributed by atoms with Gasteiger partial charge in [-0.15, -0.1) is 0 Å².